The molecular weight excluding hydrogens is 546 g/mol. The van der Waals surface area contributed by atoms with Gasteiger partial charge >= 0.3 is 12.1 Å². The van der Waals surface area contributed by atoms with Crippen LogP contribution in [0.4, 0.5) is 4.79 Å². The van der Waals surface area contributed by atoms with E-state index in [1.54, 1.807) is 0 Å². The van der Waals surface area contributed by atoms with E-state index in [4.69, 9.17) is 9.15 Å². The quantitative estimate of drug-likeness (QED) is 0.151. The summed E-state index contributed by atoms with van der Waals surface area (Å²) >= 11 is 1.48. The topological polar surface area (TPSA) is 88.8 Å². The third-order valence-corrected chi connectivity index (χ3v) is 8.89. The van der Waals surface area contributed by atoms with Gasteiger partial charge in [0.2, 0.25) is 0 Å². The maximum Gasteiger partial charge on any atom is 0.407 e. The highest BCUT2D eigenvalue weighted by Crippen LogP contribution is 2.37. The van der Waals surface area contributed by atoms with Crippen LogP contribution in [0.15, 0.2) is 95.4 Å². The zero-order chi connectivity index (χ0) is 29.7. The van der Waals surface area contributed by atoms with Crippen LogP contribution < -0.4 is 5.32 Å². The van der Waals surface area contributed by atoms with E-state index in [9.17, 15) is 14.7 Å². The fourth-order valence-corrected chi connectivity index (χ4v) is 6.02. The van der Waals surface area contributed by atoms with Gasteiger partial charge in [0.25, 0.3) is 0 Å². The van der Waals surface area contributed by atoms with Crippen LogP contribution in [0.3, 0.4) is 0 Å². The van der Waals surface area contributed by atoms with Crippen molar-refractivity contribution in [3.8, 4) is 22.3 Å². The predicted molar refractivity (Wildman–Crippen MR) is 171 cm³/mol. The van der Waals surface area contributed by atoms with Gasteiger partial charge in [0, 0.05) is 26.8 Å². The van der Waals surface area contributed by atoms with E-state index < -0.39 is 22.9 Å². The minimum Gasteiger partial charge on any atom is -0.480 e. The molecule has 0 spiro atoms. The molecule has 0 fully saturated rings. The molecule has 0 bridgehead atoms. The molecule has 5 rings (SSSR count). The van der Waals surface area contributed by atoms with Crippen molar-refractivity contribution in [1.82, 2.24) is 5.32 Å². The Bertz CT molecular complexity index is 1690. The molecule has 5 aromatic rings. The number of furan rings is 1. The monoisotopic (exact) mass is 581 g/mol. The maximum absolute atomic E-state index is 12.1. The fourth-order valence-electron chi connectivity index (χ4n) is 4.96. The molecule has 0 aliphatic carbocycles. The molecule has 1 amide bonds. The molecule has 7 heteroatoms. The molecule has 2 N–H and O–H groups in total. The number of rotatable bonds is 11. The first-order valence-electron chi connectivity index (χ1n) is 14.2. The highest BCUT2D eigenvalue weighted by atomic mass is 32.2. The number of aliphatic carboxylic acids is 1. The Labute approximate surface area is 250 Å². The molecule has 1 aromatic heterocycles. The van der Waals surface area contributed by atoms with E-state index >= 15 is 0 Å². The van der Waals surface area contributed by atoms with Crippen LogP contribution in [0.2, 0.25) is 0 Å². The van der Waals surface area contributed by atoms with Crippen molar-refractivity contribution in [1.29, 1.82) is 0 Å². The normalized spacial score (nSPS) is 12.4. The van der Waals surface area contributed by atoms with Crippen LogP contribution >= 0.6 is 11.8 Å². The van der Waals surface area contributed by atoms with Gasteiger partial charge in [-0.3, -0.25) is 0 Å². The molecule has 0 radical (unpaired) electrons. The van der Waals surface area contributed by atoms with Crippen LogP contribution in [0.25, 0.3) is 44.2 Å². The second-order valence-corrected chi connectivity index (χ2v) is 12.5. The number of fused-ring (bicyclic) bond motifs is 3. The summed E-state index contributed by atoms with van der Waals surface area (Å²) in [5, 5.41) is 14.5. The van der Waals surface area contributed by atoms with Crippen molar-refractivity contribution in [3.05, 3.63) is 96.6 Å². The van der Waals surface area contributed by atoms with Gasteiger partial charge in [-0.1, -0.05) is 98.3 Å². The number of carbonyl (C=O) groups excluding carboxylic acids is 1. The number of alkyl carbamates (subject to hydrolysis) is 1. The van der Waals surface area contributed by atoms with E-state index in [2.05, 4.69) is 78.1 Å². The minimum absolute atomic E-state index is 0.273. The van der Waals surface area contributed by atoms with E-state index in [-0.39, 0.29) is 6.61 Å². The maximum atomic E-state index is 12.1. The molecule has 0 aliphatic heterocycles. The molecule has 0 saturated carbocycles. The van der Waals surface area contributed by atoms with E-state index in [1.165, 1.54) is 11.8 Å². The number of carbonyl (C=O) groups is 2. The fraction of sp³-hybridized carbons (Fsp3) is 0.257. The molecule has 1 atom stereocenters. The average molecular weight is 582 g/mol. The van der Waals surface area contributed by atoms with Crippen LogP contribution in [0, 0.1) is 0 Å². The number of thioether (sulfide) groups is 1. The van der Waals surface area contributed by atoms with Crippen LogP contribution in [0.5, 0.6) is 0 Å². The SMILES string of the molecule is CCCCOC(=O)NC(C(=O)O)C(C)(C)SCc1ccc(-c2ccc(-c3cccc4c3oc3ccccc34)cc2)cc1. The highest BCUT2D eigenvalue weighted by Gasteiger charge is 2.37. The predicted octanol–water partition coefficient (Wildman–Crippen LogP) is 8.91. The number of carboxylic acid groups (broad SMARTS) is 1. The summed E-state index contributed by atoms with van der Waals surface area (Å²) in [5.41, 5.74) is 7.20. The third kappa shape index (κ3) is 6.47. The zero-order valence-electron chi connectivity index (χ0n) is 24.1. The van der Waals surface area contributed by atoms with Crippen molar-refractivity contribution < 1.29 is 23.8 Å². The number of carboxylic acids is 1. The van der Waals surface area contributed by atoms with Crippen LogP contribution in [-0.4, -0.2) is 34.6 Å². The molecule has 1 unspecified atom stereocenters. The number of unbranched alkanes of at least 4 members (excludes halogenated alkanes) is 1. The van der Waals surface area contributed by atoms with Gasteiger partial charge in [-0.05, 0) is 48.6 Å². The van der Waals surface area contributed by atoms with Crippen molar-refractivity contribution in [3.63, 3.8) is 0 Å². The number of benzene rings is 4. The standard InChI is InChI=1S/C35H35NO5S/c1-4-5-21-40-34(39)36-32(33(37)38)35(2,3)42-22-23-13-15-24(16-14-23)25-17-19-26(20-18-25)27-10-8-11-29-28-9-6-7-12-30(28)41-31(27)29/h6-20,32H,4-5,21-22H2,1-3H3,(H,36,39)(H,37,38). The zero-order valence-corrected chi connectivity index (χ0v) is 24.9. The lowest BCUT2D eigenvalue weighted by Crippen LogP contribution is -2.52. The molecule has 42 heavy (non-hydrogen) atoms. The van der Waals surface area contributed by atoms with E-state index in [0.717, 1.165) is 62.6 Å². The summed E-state index contributed by atoms with van der Waals surface area (Å²) < 4.78 is 10.6. The summed E-state index contributed by atoms with van der Waals surface area (Å²) in [6.07, 6.45) is 0.929. The molecule has 0 saturated heterocycles. The number of para-hydroxylation sites is 2. The first-order chi connectivity index (χ1) is 20.3. The summed E-state index contributed by atoms with van der Waals surface area (Å²) in [4.78, 5) is 24.1. The molecule has 1 heterocycles. The lowest BCUT2D eigenvalue weighted by Gasteiger charge is -2.31. The summed E-state index contributed by atoms with van der Waals surface area (Å²) in [6.45, 7) is 5.92. The third-order valence-electron chi connectivity index (χ3n) is 7.43. The Morgan fingerprint density at radius 3 is 2.21 bits per heavy atom. The first-order valence-corrected chi connectivity index (χ1v) is 15.2. The molecule has 4 aromatic carbocycles. The van der Waals surface area contributed by atoms with Gasteiger partial charge in [0.15, 0.2) is 0 Å². The second kappa shape index (κ2) is 12.7. The second-order valence-electron chi connectivity index (χ2n) is 10.9. The molecule has 0 aliphatic rings. The number of amides is 1. The largest absolute Gasteiger partial charge is 0.480 e. The summed E-state index contributed by atoms with van der Waals surface area (Å²) in [6, 6.07) is 30.0. The van der Waals surface area contributed by atoms with Crippen LogP contribution in [0.1, 0.15) is 39.2 Å². The molecule has 216 valence electrons. The van der Waals surface area contributed by atoms with Gasteiger partial charge in [0.05, 0.1) is 6.61 Å². The lowest BCUT2D eigenvalue weighted by atomic mass is 9.98. The molecule has 6 nitrogen and oxygen atoms in total. The van der Waals surface area contributed by atoms with E-state index in [1.807, 2.05) is 39.0 Å². The minimum atomic E-state index is -1.09. The average Bonchev–Trinajstić information content (AvgIpc) is 3.38. The highest BCUT2D eigenvalue weighted by molar-refractivity contribution is 7.99. The van der Waals surface area contributed by atoms with Crippen molar-refractivity contribution in [2.24, 2.45) is 0 Å². The van der Waals surface area contributed by atoms with Gasteiger partial charge in [-0.25, -0.2) is 9.59 Å². The number of hydrogen-bond acceptors (Lipinski definition) is 5. The van der Waals surface area contributed by atoms with Gasteiger partial charge < -0.3 is 19.6 Å². The van der Waals surface area contributed by atoms with E-state index in [0.29, 0.717) is 5.75 Å². The van der Waals surface area contributed by atoms with Gasteiger partial charge in [-0.15, -0.1) is 11.8 Å². The number of nitrogens with one attached hydrogen (secondary N) is 1. The van der Waals surface area contributed by atoms with Crippen molar-refractivity contribution >= 4 is 45.8 Å². The van der Waals surface area contributed by atoms with Crippen LogP contribution in [-0.2, 0) is 15.3 Å². The first kappa shape index (κ1) is 29.3. The van der Waals surface area contributed by atoms with Crippen molar-refractivity contribution in [2.45, 2.75) is 50.2 Å². The smallest absolute Gasteiger partial charge is 0.407 e. The Kier molecular flexibility index (Phi) is 8.88. The Balaban J connectivity index is 1.25. The van der Waals surface area contributed by atoms with Gasteiger partial charge in [-0.2, -0.15) is 0 Å². The molecular formula is C35H35NO5S. The Morgan fingerprint density at radius 2 is 1.52 bits per heavy atom. The summed E-state index contributed by atoms with van der Waals surface area (Å²) in [5.74, 6) is -0.486. The Hall–Kier alpha value is -4.23. The van der Waals surface area contributed by atoms with Crippen molar-refractivity contribution in [2.75, 3.05) is 6.61 Å². The number of ether oxygens (including phenoxy) is 1. The van der Waals surface area contributed by atoms with Gasteiger partial charge in [0.1, 0.15) is 17.2 Å². The lowest BCUT2D eigenvalue weighted by molar-refractivity contribution is -0.140. The summed E-state index contributed by atoms with van der Waals surface area (Å²) in [7, 11) is 0. The number of hydrogen-bond donors (Lipinski definition) is 2. The Morgan fingerprint density at radius 1 is 0.881 bits per heavy atom.